The molecule has 1 unspecified atom stereocenters. The highest BCUT2D eigenvalue weighted by Crippen LogP contribution is 2.34. The minimum absolute atomic E-state index is 0.0449. The first-order chi connectivity index (χ1) is 16.0. The number of furan rings is 1. The standard InChI is InChI=1S/C24H24N2O6S/c1-15(2)32-20-9-8-16(12-21(20)29-3)24(28)31-14-23(27)26-18(19-6-4-10-30-19)13-17(25-26)22-7-5-11-33-22/h4-12,15,18H,13-14H2,1-3H3. The molecule has 0 bridgehead atoms. The molecular weight excluding hydrogens is 444 g/mol. The van der Waals surface area contributed by atoms with Crippen LogP contribution in [-0.2, 0) is 9.53 Å². The van der Waals surface area contributed by atoms with Crippen LogP contribution < -0.4 is 9.47 Å². The number of rotatable bonds is 8. The van der Waals surface area contributed by atoms with Crippen LogP contribution >= 0.6 is 11.3 Å². The minimum Gasteiger partial charge on any atom is -0.493 e. The number of ether oxygens (including phenoxy) is 3. The quantitative estimate of drug-likeness (QED) is 0.446. The molecule has 3 heterocycles. The molecular formula is C24H24N2O6S. The summed E-state index contributed by atoms with van der Waals surface area (Å²) in [4.78, 5) is 26.5. The van der Waals surface area contributed by atoms with Crippen LogP contribution in [0.25, 0.3) is 0 Å². The van der Waals surface area contributed by atoms with Gasteiger partial charge in [0, 0.05) is 6.42 Å². The van der Waals surface area contributed by atoms with Gasteiger partial charge in [-0.2, -0.15) is 5.10 Å². The second kappa shape index (κ2) is 9.91. The highest BCUT2D eigenvalue weighted by molar-refractivity contribution is 7.12. The zero-order valence-corrected chi connectivity index (χ0v) is 19.3. The highest BCUT2D eigenvalue weighted by Gasteiger charge is 2.35. The predicted octanol–water partition coefficient (Wildman–Crippen LogP) is 4.67. The summed E-state index contributed by atoms with van der Waals surface area (Å²) < 4.78 is 21.8. The molecule has 9 heteroatoms. The van der Waals surface area contributed by atoms with Gasteiger partial charge in [0.25, 0.3) is 5.91 Å². The van der Waals surface area contributed by atoms with Crippen LogP contribution in [0.15, 0.2) is 63.6 Å². The second-order valence-corrected chi connectivity index (χ2v) is 8.55. The van der Waals surface area contributed by atoms with Gasteiger partial charge in [0.1, 0.15) is 11.8 Å². The van der Waals surface area contributed by atoms with Crippen LogP contribution in [0.5, 0.6) is 11.5 Å². The molecule has 1 amide bonds. The third kappa shape index (κ3) is 5.09. The van der Waals surface area contributed by atoms with Crippen LogP contribution in [0.2, 0.25) is 0 Å². The molecule has 0 saturated carbocycles. The summed E-state index contributed by atoms with van der Waals surface area (Å²) in [5, 5.41) is 7.80. The Balaban J connectivity index is 1.46. The summed E-state index contributed by atoms with van der Waals surface area (Å²) in [5.74, 6) is 0.466. The molecule has 2 aromatic heterocycles. The van der Waals surface area contributed by atoms with Crippen molar-refractivity contribution in [3.63, 3.8) is 0 Å². The van der Waals surface area contributed by atoms with Crippen molar-refractivity contribution in [1.82, 2.24) is 5.01 Å². The maximum absolute atomic E-state index is 13.0. The molecule has 0 saturated heterocycles. The molecule has 8 nitrogen and oxygen atoms in total. The number of amides is 1. The molecule has 0 fully saturated rings. The van der Waals surface area contributed by atoms with Gasteiger partial charge >= 0.3 is 5.97 Å². The van der Waals surface area contributed by atoms with Crippen LogP contribution in [-0.4, -0.2) is 42.4 Å². The summed E-state index contributed by atoms with van der Waals surface area (Å²) in [7, 11) is 1.49. The van der Waals surface area contributed by atoms with E-state index in [4.69, 9.17) is 18.6 Å². The number of hydrogen-bond acceptors (Lipinski definition) is 8. The normalized spacial score (nSPS) is 15.5. The number of carbonyl (C=O) groups is 2. The van der Waals surface area contributed by atoms with E-state index in [1.807, 2.05) is 31.4 Å². The summed E-state index contributed by atoms with van der Waals surface area (Å²) in [6.45, 7) is 3.34. The molecule has 1 aliphatic rings. The van der Waals surface area contributed by atoms with E-state index in [1.54, 1.807) is 41.9 Å². The number of carbonyl (C=O) groups excluding carboxylic acids is 2. The average Bonchev–Trinajstić information content (AvgIpc) is 3.57. The molecule has 0 N–H and O–H groups in total. The lowest BCUT2D eigenvalue weighted by Crippen LogP contribution is -2.31. The molecule has 1 atom stereocenters. The Morgan fingerprint density at radius 2 is 2.06 bits per heavy atom. The summed E-state index contributed by atoms with van der Waals surface area (Å²) in [5.41, 5.74) is 1.04. The van der Waals surface area contributed by atoms with Gasteiger partial charge < -0.3 is 18.6 Å². The number of esters is 1. The van der Waals surface area contributed by atoms with Gasteiger partial charge in [-0.25, -0.2) is 9.80 Å². The smallest absolute Gasteiger partial charge is 0.338 e. The lowest BCUT2D eigenvalue weighted by Gasteiger charge is -2.19. The first-order valence-electron chi connectivity index (χ1n) is 10.4. The number of hydrazone groups is 1. The Morgan fingerprint density at radius 3 is 2.73 bits per heavy atom. The molecule has 3 aromatic rings. The van der Waals surface area contributed by atoms with Gasteiger partial charge in [-0.05, 0) is 55.6 Å². The van der Waals surface area contributed by atoms with Gasteiger partial charge in [-0.15, -0.1) is 11.3 Å². The Hall–Kier alpha value is -3.59. The van der Waals surface area contributed by atoms with Crippen molar-refractivity contribution in [2.75, 3.05) is 13.7 Å². The van der Waals surface area contributed by atoms with Gasteiger partial charge in [0.15, 0.2) is 18.1 Å². The number of benzene rings is 1. The van der Waals surface area contributed by atoms with Crippen molar-refractivity contribution in [3.8, 4) is 11.5 Å². The zero-order chi connectivity index (χ0) is 23.4. The van der Waals surface area contributed by atoms with E-state index in [9.17, 15) is 9.59 Å². The van der Waals surface area contributed by atoms with E-state index >= 15 is 0 Å². The van der Waals surface area contributed by atoms with Gasteiger partial charge in [0.05, 0.1) is 35.6 Å². The maximum atomic E-state index is 13.0. The second-order valence-electron chi connectivity index (χ2n) is 7.61. The van der Waals surface area contributed by atoms with Crippen LogP contribution in [0.1, 0.15) is 47.3 Å². The van der Waals surface area contributed by atoms with Crippen molar-refractivity contribution in [2.24, 2.45) is 5.10 Å². The Labute approximate surface area is 195 Å². The minimum atomic E-state index is -0.644. The Morgan fingerprint density at radius 1 is 1.21 bits per heavy atom. The van der Waals surface area contributed by atoms with E-state index in [1.165, 1.54) is 18.2 Å². The van der Waals surface area contributed by atoms with Crippen molar-refractivity contribution in [1.29, 1.82) is 0 Å². The molecule has 0 spiro atoms. The fourth-order valence-corrected chi connectivity index (χ4v) is 4.18. The molecule has 33 heavy (non-hydrogen) atoms. The zero-order valence-electron chi connectivity index (χ0n) is 18.5. The summed E-state index contributed by atoms with van der Waals surface area (Å²) in [6.07, 6.45) is 2.03. The molecule has 0 aliphatic carbocycles. The lowest BCUT2D eigenvalue weighted by atomic mass is 10.1. The van der Waals surface area contributed by atoms with Crippen molar-refractivity contribution in [2.45, 2.75) is 32.4 Å². The topological polar surface area (TPSA) is 90.6 Å². The Kier molecular flexibility index (Phi) is 6.79. The third-order valence-corrected chi connectivity index (χ3v) is 5.85. The summed E-state index contributed by atoms with van der Waals surface area (Å²) >= 11 is 1.55. The monoisotopic (exact) mass is 468 g/mol. The predicted molar refractivity (Wildman–Crippen MR) is 123 cm³/mol. The van der Waals surface area contributed by atoms with E-state index in [0.29, 0.717) is 23.7 Å². The lowest BCUT2D eigenvalue weighted by molar-refractivity contribution is -0.136. The number of methoxy groups -OCH3 is 1. The van der Waals surface area contributed by atoms with Crippen molar-refractivity contribution in [3.05, 3.63) is 70.3 Å². The highest BCUT2D eigenvalue weighted by atomic mass is 32.1. The van der Waals surface area contributed by atoms with Gasteiger partial charge in [-0.3, -0.25) is 4.79 Å². The number of thiophene rings is 1. The van der Waals surface area contributed by atoms with E-state index in [0.717, 1.165) is 10.6 Å². The number of hydrogen-bond donors (Lipinski definition) is 0. The summed E-state index contributed by atoms with van der Waals surface area (Å²) in [6, 6.07) is 11.8. The van der Waals surface area contributed by atoms with Crippen LogP contribution in [0, 0.1) is 0 Å². The van der Waals surface area contributed by atoms with Gasteiger partial charge in [-0.1, -0.05) is 6.07 Å². The first kappa shape index (κ1) is 22.6. The molecule has 0 radical (unpaired) electrons. The molecule has 172 valence electrons. The number of nitrogens with zero attached hydrogens (tertiary/aromatic N) is 2. The maximum Gasteiger partial charge on any atom is 0.338 e. The molecule has 1 aromatic carbocycles. The largest absolute Gasteiger partial charge is 0.493 e. The van der Waals surface area contributed by atoms with Crippen LogP contribution in [0.3, 0.4) is 0 Å². The fraction of sp³-hybridized carbons (Fsp3) is 0.292. The van der Waals surface area contributed by atoms with Crippen LogP contribution in [0.4, 0.5) is 0 Å². The van der Waals surface area contributed by atoms with Crippen molar-refractivity contribution >= 4 is 28.9 Å². The fourth-order valence-electron chi connectivity index (χ4n) is 3.46. The SMILES string of the molecule is COc1cc(C(=O)OCC(=O)N2N=C(c3cccs3)CC2c2ccco2)ccc1OC(C)C. The van der Waals surface area contributed by atoms with Gasteiger partial charge in [0.2, 0.25) is 0 Å². The molecule has 4 rings (SSSR count). The van der Waals surface area contributed by atoms with E-state index in [-0.39, 0.29) is 11.7 Å². The third-order valence-electron chi connectivity index (χ3n) is 4.93. The first-order valence-corrected chi connectivity index (χ1v) is 11.3. The molecule has 1 aliphatic heterocycles. The Bertz CT molecular complexity index is 1140. The van der Waals surface area contributed by atoms with E-state index in [2.05, 4.69) is 5.10 Å². The van der Waals surface area contributed by atoms with Crippen molar-refractivity contribution < 1.29 is 28.2 Å². The average molecular weight is 469 g/mol. The van der Waals surface area contributed by atoms with E-state index < -0.39 is 24.5 Å².